The summed E-state index contributed by atoms with van der Waals surface area (Å²) in [7, 11) is 0. The molecule has 2 aromatic heterocycles. The summed E-state index contributed by atoms with van der Waals surface area (Å²) < 4.78 is 5.46. The molecule has 0 amide bonds. The lowest BCUT2D eigenvalue weighted by Crippen LogP contribution is -2.15. The number of aliphatic hydroxyl groups excluding tert-OH is 1. The number of hydrogen-bond donors (Lipinski definition) is 1. The monoisotopic (exact) mass is 588 g/mol. The SMILES string of the molecule is Cc1cc(N=Nc2ccc(N3CCCC3)s2)ccc1N=Nc1ccc(N=Nc2nc(COCCCO)cs2)c(C)c1. The summed E-state index contributed by atoms with van der Waals surface area (Å²) in [6.07, 6.45) is 3.13. The standard InChI is InChI=1S/C29H32N8O2S2/c1-20-17-23(32-35-27-10-11-28(41-27)37-12-3-4-13-37)7-8-25(20)33-31-22-6-9-26(21(2)16-22)34-36-29-30-24(19-40-29)18-39-15-5-14-38/h6-11,16-17,19,38H,3-5,12-15,18H2,1-2H3. The van der Waals surface area contributed by atoms with Gasteiger partial charge in [0.15, 0.2) is 0 Å². The van der Waals surface area contributed by atoms with Crippen LogP contribution in [0.4, 0.5) is 37.9 Å². The molecule has 0 radical (unpaired) electrons. The first-order valence-electron chi connectivity index (χ1n) is 13.5. The van der Waals surface area contributed by atoms with Crippen molar-refractivity contribution in [1.82, 2.24) is 4.98 Å². The van der Waals surface area contributed by atoms with E-state index < -0.39 is 0 Å². The third kappa shape index (κ3) is 8.17. The summed E-state index contributed by atoms with van der Waals surface area (Å²) in [6, 6.07) is 15.6. The fourth-order valence-corrected chi connectivity index (χ4v) is 5.67. The van der Waals surface area contributed by atoms with Gasteiger partial charge >= 0.3 is 0 Å². The fourth-order valence-electron chi connectivity index (χ4n) is 4.17. The van der Waals surface area contributed by atoms with Crippen LogP contribution in [0.3, 0.4) is 0 Å². The molecule has 10 nitrogen and oxygen atoms in total. The molecule has 0 saturated carbocycles. The first-order valence-corrected chi connectivity index (χ1v) is 15.2. The molecule has 5 rings (SSSR count). The van der Waals surface area contributed by atoms with Gasteiger partial charge in [-0.2, -0.15) is 10.2 Å². The number of hydrogen-bond acceptors (Lipinski definition) is 12. The molecule has 1 N–H and O–H groups in total. The smallest absolute Gasteiger partial charge is 0.230 e. The lowest BCUT2D eigenvalue weighted by Gasteiger charge is -2.13. The van der Waals surface area contributed by atoms with Gasteiger partial charge in [-0.15, -0.1) is 31.8 Å². The zero-order valence-corrected chi connectivity index (χ0v) is 24.7. The third-order valence-corrected chi connectivity index (χ3v) is 8.18. The van der Waals surface area contributed by atoms with Crippen LogP contribution in [-0.2, 0) is 11.3 Å². The van der Waals surface area contributed by atoms with Crippen molar-refractivity contribution in [3.05, 3.63) is 70.7 Å². The lowest BCUT2D eigenvalue weighted by molar-refractivity contribution is 0.102. The summed E-state index contributed by atoms with van der Waals surface area (Å²) >= 11 is 3.09. The number of aromatic nitrogens is 1. The number of azo groups is 3. The summed E-state index contributed by atoms with van der Waals surface area (Å²) in [5.74, 6) is 0. The number of rotatable bonds is 12. The second-order valence-corrected chi connectivity index (χ2v) is 11.5. The molecule has 0 unspecified atom stereocenters. The van der Waals surface area contributed by atoms with Crippen molar-refractivity contribution in [1.29, 1.82) is 0 Å². The maximum Gasteiger partial charge on any atom is 0.230 e. The molecule has 0 aliphatic carbocycles. The molecule has 1 saturated heterocycles. The Morgan fingerprint density at radius 3 is 2.22 bits per heavy atom. The minimum absolute atomic E-state index is 0.118. The van der Waals surface area contributed by atoms with Crippen LogP contribution in [0.1, 0.15) is 36.1 Å². The summed E-state index contributed by atoms with van der Waals surface area (Å²) in [5, 5.41) is 39.8. The van der Waals surface area contributed by atoms with Crippen molar-refractivity contribution in [2.75, 3.05) is 31.2 Å². The molecule has 0 spiro atoms. The van der Waals surface area contributed by atoms with Gasteiger partial charge in [-0.25, -0.2) is 4.98 Å². The van der Waals surface area contributed by atoms with E-state index in [-0.39, 0.29) is 6.61 Å². The van der Waals surface area contributed by atoms with E-state index in [1.54, 1.807) is 11.3 Å². The van der Waals surface area contributed by atoms with Crippen LogP contribution in [0.25, 0.3) is 0 Å². The van der Waals surface area contributed by atoms with E-state index in [2.05, 4.69) is 46.6 Å². The fraction of sp³-hybridized carbons (Fsp3) is 0.345. The molecule has 0 bridgehead atoms. The number of aliphatic hydroxyl groups is 1. The first-order chi connectivity index (χ1) is 20.1. The molecule has 3 heterocycles. The van der Waals surface area contributed by atoms with Gasteiger partial charge in [0.05, 0.1) is 40.1 Å². The van der Waals surface area contributed by atoms with Crippen LogP contribution >= 0.6 is 22.7 Å². The predicted molar refractivity (Wildman–Crippen MR) is 164 cm³/mol. The van der Waals surface area contributed by atoms with Gasteiger partial charge in [0.1, 0.15) is 5.00 Å². The lowest BCUT2D eigenvalue weighted by atomic mass is 10.2. The summed E-state index contributed by atoms with van der Waals surface area (Å²) in [6.45, 7) is 7.21. The van der Waals surface area contributed by atoms with Gasteiger partial charge in [0.25, 0.3) is 0 Å². The topological polar surface area (TPSA) is 120 Å². The Hall–Kier alpha value is -3.71. The molecule has 12 heteroatoms. The van der Waals surface area contributed by atoms with Gasteiger partial charge < -0.3 is 14.7 Å². The summed E-state index contributed by atoms with van der Waals surface area (Å²) in [4.78, 5) is 6.82. The first kappa shape index (κ1) is 28.8. The Bertz CT molecular complexity index is 1540. The van der Waals surface area contributed by atoms with Crippen LogP contribution in [0.5, 0.6) is 0 Å². The number of thiazole rings is 1. The normalized spacial score (nSPS) is 14.0. The average molecular weight is 589 g/mol. The van der Waals surface area contributed by atoms with E-state index in [0.29, 0.717) is 24.8 Å². The Kier molecular flexibility index (Phi) is 10.0. The van der Waals surface area contributed by atoms with E-state index >= 15 is 0 Å². The minimum atomic E-state index is 0.118. The highest BCUT2D eigenvalue weighted by molar-refractivity contribution is 7.19. The van der Waals surface area contributed by atoms with Gasteiger partial charge in [-0.3, -0.25) is 0 Å². The van der Waals surface area contributed by atoms with Crippen molar-refractivity contribution in [2.24, 2.45) is 30.7 Å². The van der Waals surface area contributed by atoms with Crippen molar-refractivity contribution in [3.8, 4) is 0 Å². The zero-order valence-electron chi connectivity index (χ0n) is 23.1. The second kappa shape index (κ2) is 14.3. The third-order valence-electron chi connectivity index (χ3n) is 6.37. The molecule has 4 aromatic rings. The Labute approximate surface area is 247 Å². The molecule has 2 aromatic carbocycles. The molecule has 0 atom stereocenters. The van der Waals surface area contributed by atoms with E-state index in [1.807, 2.05) is 61.7 Å². The second-order valence-electron chi connectivity index (χ2n) is 9.60. The van der Waals surface area contributed by atoms with Crippen molar-refractivity contribution in [3.63, 3.8) is 0 Å². The van der Waals surface area contributed by atoms with Gasteiger partial charge in [-0.05, 0) is 92.8 Å². The van der Waals surface area contributed by atoms with Crippen LogP contribution in [0.2, 0.25) is 0 Å². The maximum absolute atomic E-state index is 8.82. The maximum atomic E-state index is 8.82. The average Bonchev–Trinajstić information content (AvgIpc) is 3.76. The Morgan fingerprint density at radius 1 is 0.854 bits per heavy atom. The van der Waals surface area contributed by atoms with Crippen molar-refractivity contribution >= 4 is 60.6 Å². The Balaban J connectivity index is 1.17. The summed E-state index contributed by atoms with van der Waals surface area (Å²) in [5.41, 5.74) is 5.73. The zero-order chi connectivity index (χ0) is 28.4. The minimum Gasteiger partial charge on any atom is -0.396 e. The quantitative estimate of drug-likeness (QED) is 0.131. The largest absolute Gasteiger partial charge is 0.396 e. The van der Waals surface area contributed by atoms with Gasteiger partial charge in [0.2, 0.25) is 5.13 Å². The van der Waals surface area contributed by atoms with Gasteiger partial charge in [-0.1, -0.05) is 11.3 Å². The van der Waals surface area contributed by atoms with E-state index in [1.165, 1.54) is 29.2 Å². The molecular formula is C29H32N8O2S2. The number of benzene rings is 2. The highest BCUT2D eigenvalue weighted by Gasteiger charge is 2.14. The van der Waals surface area contributed by atoms with Crippen molar-refractivity contribution < 1.29 is 9.84 Å². The molecule has 1 aliphatic heterocycles. The van der Waals surface area contributed by atoms with Crippen LogP contribution in [0, 0.1) is 13.8 Å². The number of anilines is 1. The number of aryl methyl sites for hydroxylation is 2. The van der Waals surface area contributed by atoms with E-state index in [4.69, 9.17) is 9.84 Å². The highest BCUT2D eigenvalue weighted by Crippen LogP contribution is 2.35. The van der Waals surface area contributed by atoms with Crippen LogP contribution in [-0.4, -0.2) is 36.4 Å². The molecule has 1 aliphatic rings. The molecular weight excluding hydrogens is 557 g/mol. The van der Waals surface area contributed by atoms with E-state index in [9.17, 15) is 0 Å². The van der Waals surface area contributed by atoms with Crippen LogP contribution in [0.15, 0.2) is 84.6 Å². The predicted octanol–water partition coefficient (Wildman–Crippen LogP) is 9.57. The number of ether oxygens (including phenoxy) is 1. The number of nitrogens with zero attached hydrogens (tertiary/aromatic N) is 8. The highest BCUT2D eigenvalue weighted by atomic mass is 32.1. The van der Waals surface area contributed by atoms with Crippen LogP contribution < -0.4 is 4.90 Å². The van der Waals surface area contributed by atoms with E-state index in [0.717, 1.165) is 57.7 Å². The number of thiophene rings is 1. The molecule has 212 valence electrons. The molecule has 41 heavy (non-hydrogen) atoms. The van der Waals surface area contributed by atoms with Gasteiger partial charge in [0, 0.05) is 31.7 Å². The van der Waals surface area contributed by atoms with Crippen molar-refractivity contribution in [2.45, 2.75) is 39.7 Å². The Morgan fingerprint density at radius 2 is 1.54 bits per heavy atom. The molecule has 1 fully saturated rings.